The lowest BCUT2D eigenvalue weighted by molar-refractivity contribution is -0.123. The highest BCUT2D eigenvalue weighted by atomic mass is 16.2. The van der Waals surface area contributed by atoms with Gasteiger partial charge in [0, 0.05) is 30.6 Å². The van der Waals surface area contributed by atoms with Crippen LogP contribution in [0.25, 0.3) is 0 Å². The quantitative estimate of drug-likeness (QED) is 0.696. The zero-order valence-electron chi connectivity index (χ0n) is 13.0. The minimum atomic E-state index is -0.240. The fourth-order valence-corrected chi connectivity index (χ4v) is 1.83. The first-order chi connectivity index (χ1) is 9.76. The van der Waals surface area contributed by atoms with Crippen LogP contribution in [0.3, 0.4) is 0 Å². The normalized spacial score (nSPS) is 11.0. The Labute approximate surface area is 126 Å². The van der Waals surface area contributed by atoms with Crippen molar-refractivity contribution < 1.29 is 9.59 Å². The van der Waals surface area contributed by atoms with Crippen LogP contribution in [0.4, 0.5) is 5.69 Å². The molecule has 0 heterocycles. The molecule has 0 fully saturated rings. The Bertz CT molecular complexity index is 475. The van der Waals surface area contributed by atoms with Crippen molar-refractivity contribution in [1.29, 1.82) is 0 Å². The van der Waals surface area contributed by atoms with Gasteiger partial charge in [-0.05, 0) is 44.9 Å². The van der Waals surface area contributed by atoms with E-state index in [1.165, 1.54) is 0 Å². The molecular formula is C16H25N3O2. The van der Waals surface area contributed by atoms with Crippen LogP contribution >= 0.6 is 0 Å². The number of hydrogen-bond acceptors (Lipinski definition) is 3. The standard InChI is InChI=1S/C16H25N3O2/c1-16(2,3)19-15(21)10-11-18-14(20)9-6-12-4-7-13(17)8-5-12/h4-5,7-8H,6,9-11,17H2,1-3H3,(H,18,20)(H,19,21). The first-order valence-corrected chi connectivity index (χ1v) is 7.18. The highest BCUT2D eigenvalue weighted by molar-refractivity contribution is 5.79. The zero-order chi connectivity index (χ0) is 15.9. The molecule has 5 heteroatoms. The first kappa shape index (κ1) is 17.0. The van der Waals surface area contributed by atoms with Crippen molar-refractivity contribution in [3.8, 4) is 0 Å². The minimum absolute atomic E-state index is 0.0459. The molecule has 0 unspecified atom stereocenters. The van der Waals surface area contributed by atoms with Crippen LogP contribution in [0.5, 0.6) is 0 Å². The van der Waals surface area contributed by atoms with Crippen LogP contribution in [-0.4, -0.2) is 23.9 Å². The van der Waals surface area contributed by atoms with E-state index in [-0.39, 0.29) is 17.4 Å². The molecule has 0 aliphatic heterocycles. The number of nitrogen functional groups attached to an aromatic ring is 1. The van der Waals surface area contributed by atoms with Crippen LogP contribution in [0, 0.1) is 0 Å². The second-order valence-electron chi connectivity index (χ2n) is 6.14. The van der Waals surface area contributed by atoms with E-state index >= 15 is 0 Å². The first-order valence-electron chi connectivity index (χ1n) is 7.18. The van der Waals surface area contributed by atoms with Gasteiger partial charge in [-0.1, -0.05) is 12.1 Å². The molecule has 0 aliphatic carbocycles. The van der Waals surface area contributed by atoms with Gasteiger partial charge >= 0.3 is 0 Å². The lowest BCUT2D eigenvalue weighted by Crippen LogP contribution is -2.42. The van der Waals surface area contributed by atoms with E-state index in [1.54, 1.807) is 0 Å². The van der Waals surface area contributed by atoms with Gasteiger partial charge in [-0.3, -0.25) is 9.59 Å². The molecule has 1 aromatic rings. The van der Waals surface area contributed by atoms with Gasteiger partial charge in [0.05, 0.1) is 0 Å². The van der Waals surface area contributed by atoms with Crippen molar-refractivity contribution in [3.05, 3.63) is 29.8 Å². The average molecular weight is 291 g/mol. The second kappa shape index (κ2) is 7.67. The predicted molar refractivity (Wildman–Crippen MR) is 84.7 cm³/mol. The molecule has 0 atom stereocenters. The van der Waals surface area contributed by atoms with Gasteiger partial charge in [-0.15, -0.1) is 0 Å². The van der Waals surface area contributed by atoms with Crippen LogP contribution < -0.4 is 16.4 Å². The largest absolute Gasteiger partial charge is 0.399 e. The van der Waals surface area contributed by atoms with Gasteiger partial charge in [-0.2, -0.15) is 0 Å². The third-order valence-corrected chi connectivity index (χ3v) is 2.81. The van der Waals surface area contributed by atoms with E-state index in [1.807, 2.05) is 45.0 Å². The Kier molecular flexibility index (Phi) is 6.21. The van der Waals surface area contributed by atoms with Gasteiger partial charge in [0.2, 0.25) is 11.8 Å². The molecule has 4 N–H and O–H groups in total. The van der Waals surface area contributed by atoms with Crippen LogP contribution in [0.15, 0.2) is 24.3 Å². The lowest BCUT2D eigenvalue weighted by atomic mass is 10.1. The van der Waals surface area contributed by atoms with Gasteiger partial charge in [0.25, 0.3) is 0 Å². The molecule has 0 spiro atoms. The molecule has 0 aromatic heterocycles. The van der Waals surface area contributed by atoms with E-state index in [2.05, 4.69) is 10.6 Å². The molecule has 1 aromatic carbocycles. The Morgan fingerprint density at radius 3 is 2.24 bits per heavy atom. The number of aryl methyl sites for hydroxylation is 1. The van der Waals surface area contributed by atoms with Crippen LogP contribution in [0.2, 0.25) is 0 Å². The number of hydrogen-bond donors (Lipinski definition) is 3. The van der Waals surface area contributed by atoms with Crippen molar-refractivity contribution >= 4 is 17.5 Å². The maximum absolute atomic E-state index is 11.7. The summed E-state index contributed by atoms with van der Waals surface area (Å²) in [7, 11) is 0. The van der Waals surface area contributed by atoms with Crippen LogP contribution in [0.1, 0.15) is 39.2 Å². The molecule has 116 valence electrons. The Hall–Kier alpha value is -2.04. The molecule has 21 heavy (non-hydrogen) atoms. The summed E-state index contributed by atoms with van der Waals surface area (Å²) in [5.41, 5.74) is 7.15. The highest BCUT2D eigenvalue weighted by Crippen LogP contribution is 2.07. The number of anilines is 1. The summed E-state index contributed by atoms with van der Waals surface area (Å²) in [6.45, 7) is 6.14. The van der Waals surface area contributed by atoms with E-state index in [0.717, 1.165) is 5.56 Å². The SMILES string of the molecule is CC(C)(C)NC(=O)CCNC(=O)CCc1ccc(N)cc1. The molecular weight excluding hydrogens is 266 g/mol. The number of benzene rings is 1. The number of carbonyl (C=O) groups is 2. The third-order valence-electron chi connectivity index (χ3n) is 2.81. The number of nitrogens with one attached hydrogen (secondary N) is 2. The number of rotatable bonds is 6. The van der Waals surface area contributed by atoms with E-state index in [9.17, 15) is 9.59 Å². The fraction of sp³-hybridized carbons (Fsp3) is 0.500. The molecule has 2 amide bonds. The topological polar surface area (TPSA) is 84.2 Å². The molecule has 0 saturated heterocycles. The van der Waals surface area contributed by atoms with Crippen molar-refractivity contribution in [1.82, 2.24) is 10.6 Å². The average Bonchev–Trinajstić information content (AvgIpc) is 2.36. The molecule has 0 radical (unpaired) electrons. The molecule has 1 rings (SSSR count). The zero-order valence-corrected chi connectivity index (χ0v) is 13.0. The van der Waals surface area contributed by atoms with Crippen molar-refractivity contribution in [2.24, 2.45) is 0 Å². The van der Waals surface area contributed by atoms with E-state index in [0.29, 0.717) is 31.5 Å². The van der Waals surface area contributed by atoms with Crippen molar-refractivity contribution in [2.45, 2.75) is 45.6 Å². The number of carbonyl (C=O) groups excluding carboxylic acids is 2. The predicted octanol–water partition coefficient (Wildman–Crippen LogP) is 1.62. The summed E-state index contributed by atoms with van der Waals surface area (Å²) in [5, 5.41) is 5.61. The maximum atomic E-state index is 11.7. The summed E-state index contributed by atoms with van der Waals surface area (Å²) in [4.78, 5) is 23.3. The summed E-state index contributed by atoms with van der Waals surface area (Å²) < 4.78 is 0. The van der Waals surface area contributed by atoms with Crippen molar-refractivity contribution in [2.75, 3.05) is 12.3 Å². The second-order valence-corrected chi connectivity index (χ2v) is 6.14. The smallest absolute Gasteiger partial charge is 0.222 e. The monoisotopic (exact) mass is 291 g/mol. The summed E-state index contributed by atoms with van der Waals surface area (Å²) in [6.07, 6.45) is 1.37. The summed E-state index contributed by atoms with van der Waals surface area (Å²) in [6, 6.07) is 7.48. The van der Waals surface area contributed by atoms with E-state index < -0.39 is 0 Å². The van der Waals surface area contributed by atoms with Crippen LogP contribution in [-0.2, 0) is 16.0 Å². The number of amides is 2. The Morgan fingerprint density at radius 1 is 1.05 bits per heavy atom. The fourth-order valence-electron chi connectivity index (χ4n) is 1.83. The Balaban J connectivity index is 2.19. The van der Waals surface area contributed by atoms with Gasteiger partial charge in [0.15, 0.2) is 0 Å². The molecule has 0 aliphatic rings. The molecule has 0 bridgehead atoms. The highest BCUT2D eigenvalue weighted by Gasteiger charge is 2.13. The van der Waals surface area contributed by atoms with E-state index in [4.69, 9.17) is 5.73 Å². The summed E-state index contributed by atoms with van der Waals surface area (Å²) >= 11 is 0. The van der Waals surface area contributed by atoms with Gasteiger partial charge in [0.1, 0.15) is 0 Å². The maximum Gasteiger partial charge on any atom is 0.222 e. The third kappa shape index (κ3) is 7.97. The number of nitrogens with two attached hydrogens (primary N) is 1. The lowest BCUT2D eigenvalue weighted by Gasteiger charge is -2.20. The van der Waals surface area contributed by atoms with Gasteiger partial charge in [-0.25, -0.2) is 0 Å². The summed E-state index contributed by atoms with van der Waals surface area (Å²) in [5.74, 6) is -0.100. The molecule has 0 saturated carbocycles. The minimum Gasteiger partial charge on any atom is -0.399 e. The Morgan fingerprint density at radius 2 is 1.67 bits per heavy atom. The van der Waals surface area contributed by atoms with Gasteiger partial charge < -0.3 is 16.4 Å². The molecule has 5 nitrogen and oxygen atoms in total. The van der Waals surface area contributed by atoms with Crippen molar-refractivity contribution in [3.63, 3.8) is 0 Å².